The maximum Gasteiger partial charge on any atom is 0.218 e. The van der Waals surface area contributed by atoms with Gasteiger partial charge in [-0.1, -0.05) is 108 Å². The number of hydrogen-bond acceptors (Lipinski definition) is 1. The van der Waals surface area contributed by atoms with Crippen LogP contribution in [-0.4, -0.2) is 13.1 Å². The Hall–Kier alpha value is -4.15. The summed E-state index contributed by atoms with van der Waals surface area (Å²) in [6.07, 6.45) is 18.0. The molecule has 260 valence electrons. The lowest BCUT2D eigenvalue weighted by Crippen LogP contribution is -2.55. The van der Waals surface area contributed by atoms with Crippen molar-refractivity contribution in [2.75, 3.05) is 0 Å². The van der Waals surface area contributed by atoms with E-state index in [0.29, 0.717) is 11.8 Å². The lowest BCUT2D eigenvalue weighted by molar-refractivity contribution is -0.719. The van der Waals surface area contributed by atoms with E-state index in [1.54, 1.807) is 10.8 Å². The van der Waals surface area contributed by atoms with Crippen molar-refractivity contribution in [2.45, 2.75) is 109 Å². The molecule has 0 bridgehead atoms. The van der Waals surface area contributed by atoms with E-state index in [9.17, 15) is 0 Å². The van der Waals surface area contributed by atoms with Gasteiger partial charge in [-0.05, 0) is 83.7 Å². The molecule has 2 atom stereocenters. The van der Waals surface area contributed by atoms with Crippen LogP contribution in [0.2, 0.25) is 19.6 Å². The molecule has 0 saturated heterocycles. The second kappa shape index (κ2) is 13.8. The fourth-order valence-electron chi connectivity index (χ4n) is 9.38. The predicted molar refractivity (Wildman–Crippen MR) is 215 cm³/mol. The fourth-order valence-corrected chi connectivity index (χ4v) is 11.0. The lowest BCUT2D eigenvalue weighted by Gasteiger charge is -2.32. The number of aromatic nitrogens is 3. The molecule has 2 unspecified atom stereocenters. The van der Waals surface area contributed by atoms with Gasteiger partial charge in [0.05, 0.1) is 31.7 Å². The van der Waals surface area contributed by atoms with E-state index < -0.39 is 8.07 Å². The van der Waals surface area contributed by atoms with E-state index in [4.69, 9.17) is 11.6 Å². The number of benzene rings is 2. The standard InChI is InChI=1S/C47H55N3Si/c1-32(2)35-18-20-36(21-19-35)38-24-26-49-33(3)27-43-42(23-22-37-15-10-11-16-40(37)44(49)29-38)47-41(17-12-25-48-47)45-30-39(28-34-13-8-7-9-14-34)46(31-50(43)45)51(4,5)6/h10-12,15-21,24-26,29-32,34,42-43H,3,7-9,13-14,22-23,27-28H2,1-2,4-6H3/q+2. The zero-order chi connectivity index (χ0) is 35.3. The number of nitrogens with zero attached hydrogens (tertiary/aromatic N) is 3. The first kappa shape index (κ1) is 34.0. The minimum atomic E-state index is -1.65. The van der Waals surface area contributed by atoms with Crippen molar-refractivity contribution in [1.29, 1.82) is 0 Å². The van der Waals surface area contributed by atoms with Crippen molar-refractivity contribution in [3.8, 4) is 33.6 Å². The third-order valence-corrected chi connectivity index (χ3v) is 14.3. The quantitative estimate of drug-likeness (QED) is 0.133. The Balaban J connectivity index is 1.26. The van der Waals surface area contributed by atoms with Crippen LogP contribution in [0.5, 0.6) is 0 Å². The molecule has 3 aliphatic rings. The Morgan fingerprint density at radius 3 is 2.35 bits per heavy atom. The summed E-state index contributed by atoms with van der Waals surface area (Å²) in [6.45, 7) is 17.0. The molecule has 0 spiro atoms. The number of pyridine rings is 3. The van der Waals surface area contributed by atoms with Crippen LogP contribution in [0.15, 0.2) is 104 Å². The molecule has 51 heavy (non-hydrogen) atoms. The highest BCUT2D eigenvalue weighted by molar-refractivity contribution is 6.89. The van der Waals surface area contributed by atoms with Crippen LogP contribution < -0.4 is 14.3 Å². The summed E-state index contributed by atoms with van der Waals surface area (Å²) >= 11 is 0. The largest absolute Gasteiger partial charge is 0.260 e. The highest BCUT2D eigenvalue weighted by Crippen LogP contribution is 2.44. The second-order valence-electron chi connectivity index (χ2n) is 17.0. The fraction of sp³-hybridized carbons (Fsp3) is 0.383. The van der Waals surface area contributed by atoms with Crippen molar-refractivity contribution in [2.24, 2.45) is 5.92 Å². The van der Waals surface area contributed by atoms with Gasteiger partial charge in [0, 0.05) is 35.1 Å². The van der Waals surface area contributed by atoms with Gasteiger partial charge in [0.2, 0.25) is 11.4 Å². The summed E-state index contributed by atoms with van der Waals surface area (Å²) in [7, 11) is -1.65. The first-order valence-electron chi connectivity index (χ1n) is 19.6. The Kier molecular flexibility index (Phi) is 9.17. The van der Waals surface area contributed by atoms with Gasteiger partial charge in [-0.3, -0.25) is 4.98 Å². The highest BCUT2D eigenvalue weighted by Gasteiger charge is 2.44. The van der Waals surface area contributed by atoms with E-state index in [0.717, 1.165) is 30.9 Å². The molecule has 4 heteroatoms. The van der Waals surface area contributed by atoms with Gasteiger partial charge in [0.25, 0.3) is 0 Å². The summed E-state index contributed by atoms with van der Waals surface area (Å²) < 4.78 is 5.08. The van der Waals surface area contributed by atoms with Crippen LogP contribution in [-0.2, 0) is 12.8 Å². The molecular weight excluding hydrogens is 635 g/mol. The van der Waals surface area contributed by atoms with Gasteiger partial charge >= 0.3 is 0 Å². The third-order valence-electron chi connectivity index (χ3n) is 12.2. The number of fused-ring (bicyclic) bond motifs is 9. The minimum absolute atomic E-state index is 0.239. The topological polar surface area (TPSA) is 20.6 Å². The van der Waals surface area contributed by atoms with E-state index in [2.05, 4.69) is 134 Å². The zero-order valence-electron chi connectivity index (χ0n) is 31.5. The highest BCUT2D eigenvalue weighted by atomic mass is 28.3. The van der Waals surface area contributed by atoms with Crippen LogP contribution in [0.1, 0.15) is 99.1 Å². The van der Waals surface area contributed by atoms with Gasteiger partial charge in [-0.15, -0.1) is 0 Å². The van der Waals surface area contributed by atoms with E-state index in [1.807, 2.05) is 6.20 Å². The smallest absolute Gasteiger partial charge is 0.218 e. The first-order valence-corrected chi connectivity index (χ1v) is 23.1. The molecular formula is C47H55N3Si+2. The number of allylic oxidation sites excluding steroid dienone is 1. The summed E-state index contributed by atoms with van der Waals surface area (Å²) in [5.74, 6) is 1.62. The van der Waals surface area contributed by atoms with Gasteiger partial charge in [0.15, 0.2) is 24.1 Å². The van der Waals surface area contributed by atoms with Gasteiger partial charge in [-0.25, -0.2) is 0 Å². The van der Waals surface area contributed by atoms with Gasteiger partial charge in [-0.2, -0.15) is 9.13 Å². The lowest BCUT2D eigenvalue weighted by atomic mass is 9.79. The van der Waals surface area contributed by atoms with E-state index in [1.165, 1.54) is 89.0 Å². The molecule has 1 aliphatic carbocycles. The van der Waals surface area contributed by atoms with Crippen LogP contribution in [0.4, 0.5) is 0 Å². The molecule has 2 aliphatic heterocycles. The average Bonchev–Trinajstić information content (AvgIpc) is 3.14. The Morgan fingerprint density at radius 1 is 0.824 bits per heavy atom. The molecule has 8 rings (SSSR count). The molecule has 3 nitrogen and oxygen atoms in total. The maximum absolute atomic E-state index is 5.19. The Morgan fingerprint density at radius 2 is 1.59 bits per heavy atom. The molecule has 0 amide bonds. The molecule has 5 heterocycles. The van der Waals surface area contributed by atoms with Gasteiger partial charge in [0.1, 0.15) is 0 Å². The van der Waals surface area contributed by atoms with Crippen LogP contribution >= 0.6 is 0 Å². The predicted octanol–water partition coefficient (Wildman–Crippen LogP) is 10.6. The van der Waals surface area contributed by atoms with Crippen molar-refractivity contribution in [3.05, 3.63) is 126 Å². The van der Waals surface area contributed by atoms with Crippen LogP contribution in [0, 0.1) is 5.92 Å². The van der Waals surface area contributed by atoms with Crippen LogP contribution in [0.25, 0.3) is 39.3 Å². The summed E-state index contributed by atoms with van der Waals surface area (Å²) in [5, 5.41) is 1.64. The number of aryl methyl sites for hydroxylation is 1. The molecule has 2 aromatic carbocycles. The zero-order valence-corrected chi connectivity index (χ0v) is 32.5. The number of rotatable bonds is 5. The van der Waals surface area contributed by atoms with E-state index in [-0.39, 0.29) is 6.04 Å². The number of hydrogen-bond donors (Lipinski definition) is 0. The van der Waals surface area contributed by atoms with Gasteiger partial charge < -0.3 is 0 Å². The summed E-state index contributed by atoms with van der Waals surface area (Å²) in [4.78, 5) is 5.19. The summed E-state index contributed by atoms with van der Waals surface area (Å²) in [5.41, 5.74) is 14.5. The Labute approximate surface area is 307 Å². The van der Waals surface area contributed by atoms with Crippen molar-refractivity contribution >= 4 is 19.0 Å². The average molecular weight is 690 g/mol. The van der Waals surface area contributed by atoms with Crippen LogP contribution in [0.3, 0.4) is 0 Å². The van der Waals surface area contributed by atoms with Crippen molar-refractivity contribution < 1.29 is 9.13 Å². The van der Waals surface area contributed by atoms with E-state index >= 15 is 0 Å². The molecule has 0 N–H and O–H groups in total. The maximum atomic E-state index is 5.19. The third kappa shape index (κ3) is 6.57. The summed E-state index contributed by atoms with van der Waals surface area (Å²) in [6, 6.07) is 30.2. The first-order chi connectivity index (χ1) is 24.7. The molecule has 1 saturated carbocycles. The van der Waals surface area contributed by atoms with Crippen molar-refractivity contribution in [3.63, 3.8) is 0 Å². The molecule has 3 aromatic heterocycles. The SMILES string of the molecule is C=C1CC2C(CCc3ccccc3-c3cc(-c4ccc(C(C)C)cc4)cc[n+]31)c1ncccc1-c1cc(CC3CCCCC3)c([Si](C)(C)C)c[n+]12. The second-order valence-corrected chi connectivity index (χ2v) is 22.0. The molecule has 1 fully saturated rings. The molecule has 0 radical (unpaired) electrons. The monoisotopic (exact) mass is 689 g/mol. The normalized spacial score (nSPS) is 19.1. The minimum Gasteiger partial charge on any atom is -0.260 e. The Bertz CT molecular complexity index is 2080. The molecule has 5 aromatic rings. The van der Waals surface area contributed by atoms with Crippen molar-refractivity contribution in [1.82, 2.24) is 4.98 Å².